The SMILES string of the molecule is ClC1=C(P(c2ccccc2)c2ccccc2)C(P(c2ccccc2)c2ccccc2)=CC1Cl. The summed E-state index contributed by atoms with van der Waals surface area (Å²) in [7, 11) is -1.67. The molecule has 1 atom stereocenters. The molecule has 33 heavy (non-hydrogen) atoms. The molecule has 0 bridgehead atoms. The fourth-order valence-corrected chi connectivity index (χ4v) is 10.4. The van der Waals surface area contributed by atoms with Crippen LogP contribution in [-0.2, 0) is 0 Å². The predicted molar refractivity (Wildman–Crippen MR) is 149 cm³/mol. The van der Waals surface area contributed by atoms with Gasteiger partial charge in [-0.05, 0) is 42.4 Å². The molecular formula is C29H22Cl2P2. The molecule has 0 N–H and O–H groups in total. The van der Waals surface area contributed by atoms with E-state index >= 15 is 0 Å². The van der Waals surface area contributed by atoms with Crippen LogP contribution in [0.4, 0.5) is 0 Å². The van der Waals surface area contributed by atoms with E-state index in [9.17, 15) is 0 Å². The molecule has 1 aliphatic carbocycles. The van der Waals surface area contributed by atoms with Crippen molar-refractivity contribution in [2.75, 3.05) is 0 Å². The summed E-state index contributed by atoms with van der Waals surface area (Å²) in [6.45, 7) is 0. The van der Waals surface area contributed by atoms with Crippen molar-refractivity contribution in [3.05, 3.63) is 143 Å². The summed E-state index contributed by atoms with van der Waals surface area (Å²) in [6.07, 6.45) is 2.19. The van der Waals surface area contributed by atoms with Crippen LogP contribution in [0.1, 0.15) is 0 Å². The van der Waals surface area contributed by atoms with Gasteiger partial charge in [-0.15, -0.1) is 11.6 Å². The fourth-order valence-electron chi connectivity index (χ4n) is 4.09. The minimum Gasteiger partial charge on any atom is -0.112 e. The Balaban J connectivity index is 1.72. The first kappa shape index (κ1) is 22.6. The fraction of sp³-hybridized carbons (Fsp3) is 0.0345. The third-order valence-corrected chi connectivity index (χ3v) is 11.8. The third kappa shape index (κ3) is 4.73. The number of alkyl halides is 1. The number of rotatable bonds is 6. The summed E-state index contributed by atoms with van der Waals surface area (Å²) < 4.78 is 0. The summed E-state index contributed by atoms with van der Waals surface area (Å²) in [6, 6.07) is 42.9. The topological polar surface area (TPSA) is 0 Å². The molecule has 0 fully saturated rings. The van der Waals surface area contributed by atoms with E-state index in [0.29, 0.717) is 0 Å². The molecule has 4 heteroatoms. The van der Waals surface area contributed by atoms with Crippen LogP contribution in [-0.4, -0.2) is 5.38 Å². The number of allylic oxidation sites excluding steroid dienone is 4. The first-order valence-electron chi connectivity index (χ1n) is 10.8. The molecule has 0 aromatic heterocycles. The molecule has 0 heterocycles. The van der Waals surface area contributed by atoms with Gasteiger partial charge in [0.05, 0.1) is 5.38 Å². The smallest absolute Gasteiger partial charge is 0.0888 e. The lowest BCUT2D eigenvalue weighted by molar-refractivity contribution is 1.40. The van der Waals surface area contributed by atoms with Crippen LogP contribution in [0.15, 0.2) is 143 Å². The number of halogens is 2. The minimum absolute atomic E-state index is 0.313. The minimum atomic E-state index is -0.859. The van der Waals surface area contributed by atoms with Crippen molar-refractivity contribution in [1.82, 2.24) is 0 Å². The normalized spacial score (nSPS) is 15.9. The van der Waals surface area contributed by atoms with E-state index in [4.69, 9.17) is 23.2 Å². The van der Waals surface area contributed by atoms with E-state index in [0.717, 1.165) is 5.03 Å². The van der Waals surface area contributed by atoms with Gasteiger partial charge in [-0.3, -0.25) is 0 Å². The van der Waals surface area contributed by atoms with E-state index in [-0.39, 0.29) is 5.38 Å². The van der Waals surface area contributed by atoms with Crippen molar-refractivity contribution in [1.29, 1.82) is 0 Å². The Morgan fingerprint density at radius 1 is 0.485 bits per heavy atom. The van der Waals surface area contributed by atoms with E-state index in [1.165, 1.54) is 31.8 Å². The van der Waals surface area contributed by atoms with Gasteiger partial charge < -0.3 is 0 Å². The molecule has 0 spiro atoms. The van der Waals surface area contributed by atoms with E-state index in [1.54, 1.807) is 0 Å². The highest BCUT2D eigenvalue weighted by molar-refractivity contribution is 7.82. The number of hydrogen-bond donors (Lipinski definition) is 0. The molecule has 1 aliphatic rings. The summed E-state index contributed by atoms with van der Waals surface area (Å²) in [5, 5.41) is 8.06. The molecule has 0 saturated heterocycles. The van der Waals surface area contributed by atoms with Gasteiger partial charge in [-0.2, -0.15) is 0 Å². The Hall–Kier alpha value is -2.20. The lowest BCUT2D eigenvalue weighted by Gasteiger charge is -2.28. The Morgan fingerprint density at radius 2 is 0.818 bits per heavy atom. The van der Waals surface area contributed by atoms with Crippen molar-refractivity contribution in [2.45, 2.75) is 5.38 Å². The highest BCUT2D eigenvalue weighted by Gasteiger charge is 2.36. The molecule has 5 rings (SSSR count). The lowest BCUT2D eigenvalue weighted by atomic mass is 10.4. The molecule has 162 valence electrons. The third-order valence-electron chi connectivity index (χ3n) is 5.54. The maximum atomic E-state index is 7.06. The van der Waals surface area contributed by atoms with Crippen LogP contribution < -0.4 is 21.2 Å². The van der Waals surface area contributed by atoms with Crippen LogP contribution in [0.25, 0.3) is 0 Å². The average Bonchev–Trinajstić information content (AvgIpc) is 3.16. The average molecular weight is 503 g/mol. The van der Waals surface area contributed by atoms with Gasteiger partial charge in [0.15, 0.2) is 0 Å². The highest BCUT2D eigenvalue weighted by Crippen LogP contribution is 2.62. The van der Waals surface area contributed by atoms with Gasteiger partial charge in [0, 0.05) is 10.3 Å². The molecule has 0 saturated carbocycles. The van der Waals surface area contributed by atoms with E-state index in [1.807, 2.05) is 0 Å². The summed E-state index contributed by atoms with van der Waals surface area (Å²) in [5.41, 5.74) is 0. The largest absolute Gasteiger partial charge is 0.112 e. The first-order valence-corrected chi connectivity index (χ1v) is 14.3. The molecule has 0 amide bonds. The maximum absolute atomic E-state index is 7.06. The van der Waals surface area contributed by atoms with Crippen LogP contribution in [0.2, 0.25) is 0 Å². The quantitative estimate of drug-likeness (QED) is 0.193. The zero-order valence-corrected chi connectivity index (χ0v) is 21.2. The summed E-state index contributed by atoms with van der Waals surface area (Å²) in [5.74, 6) is 0. The van der Waals surface area contributed by atoms with E-state index < -0.39 is 15.8 Å². The highest BCUT2D eigenvalue weighted by atomic mass is 35.5. The van der Waals surface area contributed by atoms with Crippen LogP contribution in [0.3, 0.4) is 0 Å². The monoisotopic (exact) mass is 502 g/mol. The Kier molecular flexibility index (Phi) is 7.10. The molecule has 4 aromatic carbocycles. The second-order valence-corrected chi connectivity index (χ2v) is 12.9. The molecule has 0 nitrogen and oxygen atoms in total. The second kappa shape index (κ2) is 10.4. The molecular weight excluding hydrogens is 481 g/mol. The molecule has 1 unspecified atom stereocenters. The van der Waals surface area contributed by atoms with E-state index in [2.05, 4.69) is 127 Å². The van der Waals surface area contributed by atoms with Gasteiger partial charge in [0.25, 0.3) is 0 Å². The molecule has 0 radical (unpaired) electrons. The number of hydrogen-bond acceptors (Lipinski definition) is 0. The van der Waals surface area contributed by atoms with Gasteiger partial charge in [0.1, 0.15) is 0 Å². The summed E-state index contributed by atoms with van der Waals surface area (Å²) >= 11 is 13.9. The zero-order chi connectivity index (χ0) is 22.6. The van der Waals surface area contributed by atoms with Crippen molar-refractivity contribution in [2.24, 2.45) is 0 Å². The predicted octanol–water partition coefficient (Wildman–Crippen LogP) is 7.21. The van der Waals surface area contributed by atoms with Crippen molar-refractivity contribution < 1.29 is 0 Å². The van der Waals surface area contributed by atoms with Crippen LogP contribution >= 0.6 is 39.0 Å². The number of benzene rings is 4. The lowest BCUT2D eigenvalue weighted by Crippen LogP contribution is -2.17. The van der Waals surface area contributed by atoms with Crippen molar-refractivity contribution in [3.8, 4) is 0 Å². The van der Waals surface area contributed by atoms with Gasteiger partial charge in [-0.1, -0.05) is 139 Å². The van der Waals surface area contributed by atoms with Crippen molar-refractivity contribution >= 4 is 60.3 Å². The zero-order valence-electron chi connectivity index (χ0n) is 17.9. The standard InChI is InChI=1S/C29H22Cl2P2/c30-26-21-27(32(22-13-5-1-6-14-22)23-15-7-2-8-16-23)29(28(26)31)33(24-17-9-3-10-18-24)25-19-11-4-12-20-25/h1-21,26H. The van der Waals surface area contributed by atoms with Gasteiger partial charge in [0.2, 0.25) is 0 Å². The first-order chi connectivity index (χ1) is 16.2. The van der Waals surface area contributed by atoms with Gasteiger partial charge in [-0.25, -0.2) is 0 Å². The second-order valence-electron chi connectivity index (χ2n) is 7.66. The van der Waals surface area contributed by atoms with Gasteiger partial charge >= 0.3 is 0 Å². The van der Waals surface area contributed by atoms with Crippen LogP contribution in [0, 0.1) is 0 Å². The molecule has 4 aromatic rings. The van der Waals surface area contributed by atoms with Crippen molar-refractivity contribution in [3.63, 3.8) is 0 Å². The van der Waals surface area contributed by atoms with Crippen LogP contribution in [0.5, 0.6) is 0 Å². The Bertz CT molecular complexity index is 1190. The Labute approximate surface area is 208 Å². The molecule has 0 aliphatic heterocycles. The Morgan fingerprint density at radius 3 is 1.18 bits per heavy atom. The maximum Gasteiger partial charge on any atom is 0.0888 e. The summed E-state index contributed by atoms with van der Waals surface area (Å²) in [4.78, 5) is 0.